The van der Waals surface area contributed by atoms with Gasteiger partial charge in [-0.15, -0.1) is 11.3 Å². The van der Waals surface area contributed by atoms with Gasteiger partial charge in [0.15, 0.2) is 10.9 Å². The molecule has 88 valence electrons. The summed E-state index contributed by atoms with van der Waals surface area (Å²) in [5.41, 5.74) is 0.724. The molecule has 1 heterocycles. The number of carbonyl (C=O) groups is 1. The van der Waals surface area contributed by atoms with Crippen molar-refractivity contribution in [3.63, 3.8) is 0 Å². The quantitative estimate of drug-likeness (QED) is 0.530. The number of rotatable bonds is 0. The third kappa shape index (κ3) is 1.42. The summed E-state index contributed by atoms with van der Waals surface area (Å²) in [5.74, 6) is -0.452. The van der Waals surface area contributed by atoms with Crippen molar-refractivity contribution in [3.05, 3.63) is 38.4 Å². The van der Waals surface area contributed by atoms with Crippen molar-refractivity contribution in [2.75, 3.05) is 0 Å². The van der Waals surface area contributed by atoms with E-state index in [2.05, 4.69) is 0 Å². The molecule has 1 aliphatic rings. The third-order valence-corrected chi connectivity index (χ3v) is 3.69. The van der Waals surface area contributed by atoms with Gasteiger partial charge in [0, 0.05) is 21.6 Å². The van der Waals surface area contributed by atoms with E-state index in [0.29, 0.717) is 10.4 Å². The number of Topliss-reactive ketones (excluding diaryl/α,β-unsaturated/α-hetero) is 1. The van der Waals surface area contributed by atoms with Crippen LogP contribution in [-0.4, -0.2) is 5.78 Å². The largest absolute Gasteiger partial charge is 0.288 e. The molecule has 0 amide bonds. The molecule has 1 aliphatic carbocycles. The predicted molar refractivity (Wildman–Crippen MR) is 65.2 cm³/mol. The summed E-state index contributed by atoms with van der Waals surface area (Å²) < 4.78 is 13.7. The van der Waals surface area contributed by atoms with E-state index in [1.54, 1.807) is 26.0 Å². The Labute approximate surface area is 107 Å². The van der Waals surface area contributed by atoms with E-state index >= 15 is 0 Å². The monoisotopic (exact) mass is 258 g/mol. The van der Waals surface area contributed by atoms with Gasteiger partial charge in [0.05, 0.1) is 5.56 Å². The second kappa shape index (κ2) is 4.21. The van der Waals surface area contributed by atoms with Gasteiger partial charge in [0.25, 0.3) is 0 Å². The Morgan fingerprint density at radius 3 is 2.44 bits per heavy atom. The van der Waals surface area contributed by atoms with Crippen molar-refractivity contribution in [2.45, 2.75) is 13.8 Å². The molecule has 0 saturated carbocycles. The number of halogens is 1. The molecule has 0 N–H and O–H groups in total. The van der Waals surface area contributed by atoms with Gasteiger partial charge in [-0.25, -0.2) is 0 Å². The second-order valence-corrected chi connectivity index (χ2v) is 4.86. The van der Waals surface area contributed by atoms with Crippen LogP contribution in [0.1, 0.15) is 27.7 Å². The Bertz CT molecular complexity index is 695. The fourth-order valence-electron chi connectivity index (χ4n) is 2.07. The van der Waals surface area contributed by atoms with Crippen LogP contribution in [0.25, 0.3) is 5.57 Å². The summed E-state index contributed by atoms with van der Waals surface area (Å²) in [6, 6.07) is 3.53. The van der Waals surface area contributed by atoms with Crippen LogP contribution in [0, 0.1) is 34.7 Å². The minimum atomic E-state index is -0.558. The molecule has 1 aromatic heterocycles. The molecule has 0 saturated heterocycles. The van der Waals surface area contributed by atoms with E-state index in [1.807, 2.05) is 0 Å². The maximum absolute atomic E-state index is 13.7. The number of thiophene rings is 1. The van der Waals surface area contributed by atoms with Crippen LogP contribution in [0.3, 0.4) is 0 Å². The van der Waals surface area contributed by atoms with Crippen LogP contribution in [0.2, 0.25) is 0 Å². The highest BCUT2D eigenvalue weighted by Gasteiger charge is 2.37. The highest BCUT2D eigenvalue weighted by atomic mass is 32.1. The van der Waals surface area contributed by atoms with Crippen molar-refractivity contribution in [2.24, 2.45) is 0 Å². The smallest absolute Gasteiger partial charge is 0.197 e. The average Bonchev–Trinajstić information content (AvgIpc) is 2.79. The Balaban J connectivity index is 2.94. The molecule has 5 heteroatoms. The van der Waals surface area contributed by atoms with Gasteiger partial charge in [-0.05, 0) is 13.8 Å². The lowest BCUT2D eigenvalue weighted by molar-refractivity contribution is 0.104. The molecule has 0 unspecified atom stereocenters. The number of allylic oxidation sites excluding steroid dienone is 4. The van der Waals surface area contributed by atoms with Crippen LogP contribution in [0.15, 0.2) is 17.2 Å². The van der Waals surface area contributed by atoms with Gasteiger partial charge in [-0.1, -0.05) is 6.08 Å². The van der Waals surface area contributed by atoms with Crippen LogP contribution in [-0.2, 0) is 0 Å². The number of carbonyl (C=O) groups excluding carboxylic acids is 1. The highest BCUT2D eigenvalue weighted by molar-refractivity contribution is 7.11. The number of aryl methyl sites for hydroxylation is 1. The zero-order valence-electron chi connectivity index (χ0n) is 9.67. The molecular formula is C13H7FN2OS. The topological polar surface area (TPSA) is 64.7 Å². The van der Waals surface area contributed by atoms with E-state index in [-0.39, 0.29) is 22.3 Å². The minimum absolute atomic E-state index is 0.0106. The molecule has 3 nitrogen and oxygen atoms in total. The van der Waals surface area contributed by atoms with Gasteiger partial charge < -0.3 is 0 Å². The Morgan fingerprint density at radius 1 is 1.33 bits per heavy atom. The Hall–Kier alpha value is -2.24. The lowest BCUT2D eigenvalue weighted by atomic mass is 10.00. The van der Waals surface area contributed by atoms with Crippen LogP contribution in [0.4, 0.5) is 4.39 Å². The van der Waals surface area contributed by atoms with Gasteiger partial charge in [-0.3, -0.25) is 4.79 Å². The molecule has 0 atom stereocenters. The predicted octanol–water partition coefficient (Wildman–Crippen LogP) is 3.14. The second-order valence-electron chi connectivity index (χ2n) is 3.69. The maximum atomic E-state index is 13.7. The average molecular weight is 258 g/mol. The van der Waals surface area contributed by atoms with Crippen LogP contribution in [0.5, 0.6) is 0 Å². The minimum Gasteiger partial charge on any atom is -0.288 e. The molecule has 1 aromatic rings. The standard InChI is InChI=1S/C13H7FN2OS/c1-3-8-10(7(4-15)5-16)9-6(2)18-13(14)11(9)12(8)17/h3H,1-2H3/b8-3-. The third-order valence-electron chi connectivity index (χ3n) is 2.79. The molecular weight excluding hydrogens is 251 g/mol. The Kier molecular flexibility index (Phi) is 2.86. The molecule has 0 radical (unpaired) electrons. The fraction of sp³-hybridized carbons (Fsp3) is 0.154. The molecule has 0 spiro atoms. The van der Waals surface area contributed by atoms with E-state index in [4.69, 9.17) is 10.5 Å². The number of nitrogens with zero attached hydrogens (tertiary/aromatic N) is 2. The number of ketones is 1. The van der Waals surface area contributed by atoms with E-state index in [1.165, 1.54) is 6.08 Å². The number of fused-ring (bicyclic) bond motifs is 1. The van der Waals surface area contributed by atoms with Gasteiger partial charge >= 0.3 is 0 Å². The summed E-state index contributed by atoms with van der Waals surface area (Å²) in [4.78, 5) is 12.7. The first-order chi connectivity index (χ1) is 8.56. The molecule has 0 aliphatic heterocycles. The highest BCUT2D eigenvalue weighted by Crippen LogP contribution is 2.44. The van der Waals surface area contributed by atoms with Crippen molar-refractivity contribution < 1.29 is 9.18 Å². The zero-order valence-corrected chi connectivity index (χ0v) is 10.5. The normalized spacial score (nSPS) is 15.5. The first-order valence-corrected chi connectivity index (χ1v) is 5.93. The summed E-state index contributed by atoms with van der Waals surface area (Å²) >= 11 is 0.862. The summed E-state index contributed by atoms with van der Waals surface area (Å²) in [5, 5.41) is 17.3. The van der Waals surface area contributed by atoms with E-state index in [0.717, 1.165) is 11.3 Å². The molecule has 2 rings (SSSR count). The lowest BCUT2D eigenvalue weighted by Crippen LogP contribution is -1.96. The number of hydrogen-bond acceptors (Lipinski definition) is 4. The summed E-state index contributed by atoms with van der Waals surface area (Å²) in [6.07, 6.45) is 1.51. The lowest BCUT2D eigenvalue weighted by Gasteiger charge is -2.01. The van der Waals surface area contributed by atoms with Crippen molar-refractivity contribution in [1.82, 2.24) is 0 Å². The fourth-order valence-corrected chi connectivity index (χ4v) is 2.94. The van der Waals surface area contributed by atoms with Gasteiger partial charge in [0.1, 0.15) is 17.7 Å². The molecule has 0 aromatic carbocycles. The van der Waals surface area contributed by atoms with Crippen LogP contribution < -0.4 is 0 Å². The first-order valence-electron chi connectivity index (χ1n) is 5.11. The van der Waals surface area contributed by atoms with Crippen molar-refractivity contribution in [3.8, 4) is 12.1 Å². The zero-order chi connectivity index (χ0) is 13.4. The summed E-state index contributed by atoms with van der Waals surface area (Å²) in [7, 11) is 0. The first kappa shape index (κ1) is 12.2. The van der Waals surface area contributed by atoms with Crippen molar-refractivity contribution >= 4 is 22.7 Å². The molecule has 0 fully saturated rings. The molecule has 0 bridgehead atoms. The Morgan fingerprint density at radius 2 is 1.94 bits per heavy atom. The van der Waals surface area contributed by atoms with E-state index in [9.17, 15) is 9.18 Å². The van der Waals surface area contributed by atoms with Crippen molar-refractivity contribution in [1.29, 1.82) is 10.5 Å². The summed E-state index contributed by atoms with van der Waals surface area (Å²) in [6.45, 7) is 3.30. The van der Waals surface area contributed by atoms with Gasteiger partial charge in [-0.2, -0.15) is 14.9 Å². The number of hydrogen-bond donors (Lipinski definition) is 0. The van der Waals surface area contributed by atoms with Gasteiger partial charge in [0.2, 0.25) is 0 Å². The SMILES string of the molecule is C/C=C1\C(=O)c2c(F)sc(C)c2C1=C(C#N)C#N. The maximum Gasteiger partial charge on any atom is 0.197 e. The molecule has 18 heavy (non-hydrogen) atoms. The van der Waals surface area contributed by atoms with Crippen LogP contribution >= 0.6 is 11.3 Å². The van der Waals surface area contributed by atoms with E-state index < -0.39 is 10.9 Å². The number of nitriles is 2.